The van der Waals surface area contributed by atoms with Crippen molar-refractivity contribution in [2.24, 2.45) is 0 Å². The third kappa shape index (κ3) is 3.37. The Bertz CT molecular complexity index is 518. The van der Waals surface area contributed by atoms with Crippen molar-refractivity contribution in [1.29, 1.82) is 0 Å². The highest BCUT2D eigenvalue weighted by Crippen LogP contribution is 2.30. The third-order valence-corrected chi connectivity index (χ3v) is 3.24. The molecule has 1 saturated heterocycles. The fourth-order valence-corrected chi connectivity index (χ4v) is 2.23. The molecule has 1 fully saturated rings. The van der Waals surface area contributed by atoms with Crippen molar-refractivity contribution < 1.29 is 14.5 Å². The highest BCUT2D eigenvalue weighted by atomic mass is 16.6. The molecule has 0 bridgehead atoms. The summed E-state index contributed by atoms with van der Waals surface area (Å²) in [6.07, 6.45) is 2.15. The number of anilines is 1. The lowest BCUT2D eigenvalue weighted by Crippen LogP contribution is -2.26. The minimum Gasteiger partial charge on any atom is -0.494 e. The molecule has 0 aliphatic carbocycles. The van der Waals surface area contributed by atoms with Gasteiger partial charge in [0, 0.05) is 25.1 Å². The number of carbonyl (C=O) groups is 1. The van der Waals surface area contributed by atoms with E-state index in [1.807, 2.05) is 0 Å². The summed E-state index contributed by atoms with van der Waals surface area (Å²) in [4.78, 5) is 21.8. The third-order valence-electron chi connectivity index (χ3n) is 3.24. The number of benzene rings is 1. The molecule has 0 saturated carbocycles. The summed E-state index contributed by atoms with van der Waals surface area (Å²) in [5, 5.41) is 16.8. The number of nitro groups is 1. The maximum Gasteiger partial charge on any atom is 0.273 e. The standard InChI is InChI=1S/C13H17N3O4/c1-20-12-8-10(16(18)19)4-5-11(12)15-9-3-2-6-14-13(17)7-9/h4-5,8-9,15H,2-3,6-7H2,1H3,(H,14,17). The van der Waals surface area contributed by atoms with Gasteiger partial charge in [-0.25, -0.2) is 0 Å². The van der Waals surface area contributed by atoms with Gasteiger partial charge in [-0.3, -0.25) is 14.9 Å². The van der Waals surface area contributed by atoms with E-state index in [4.69, 9.17) is 4.74 Å². The van der Waals surface area contributed by atoms with Gasteiger partial charge in [-0.1, -0.05) is 0 Å². The highest BCUT2D eigenvalue weighted by molar-refractivity contribution is 5.77. The minimum atomic E-state index is -0.467. The van der Waals surface area contributed by atoms with Crippen LogP contribution in [0.4, 0.5) is 11.4 Å². The van der Waals surface area contributed by atoms with E-state index >= 15 is 0 Å². The van der Waals surface area contributed by atoms with Crippen LogP contribution in [-0.2, 0) is 4.79 Å². The Morgan fingerprint density at radius 3 is 3.00 bits per heavy atom. The van der Waals surface area contributed by atoms with Gasteiger partial charge in [0.25, 0.3) is 5.69 Å². The number of carbonyl (C=O) groups excluding carboxylic acids is 1. The maximum atomic E-state index is 11.5. The van der Waals surface area contributed by atoms with Crippen LogP contribution in [0.5, 0.6) is 5.75 Å². The van der Waals surface area contributed by atoms with Gasteiger partial charge < -0.3 is 15.4 Å². The van der Waals surface area contributed by atoms with Crippen molar-refractivity contribution in [3.8, 4) is 5.75 Å². The first-order valence-corrected chi connectivity index (χ1v) is 6.46. The topological polar surface area (TPSA) is 93.5 Å². The molecule has 0 aromatic heterocycles. The summed E-state index contributed by atoms with van der Waals surface area (Å²) in [6, 6.07) is 4.41. The largest absolute Gasteiger partial charge is 0.494 e. The number of ether oxygens (including phenoxy) is 1. The molecule has 1 unspecified atom stereocenters. The van der Waals surface area contributed by atoms with Gasteiger partial charge in [0.1, 0.15) is 5.75 Å². The smallest absolute Gasteiger partial charge is 0.273 e. The van der Waals surface area contributed by atoms with Crippen molar-refractivity contribution in [3.63, 3.8) is 0 Å². The normalized spacial score (nSPS) is 18.9. The Hall–Kier alpha value is -2.31. The molecule has 7 heteroatoms. The minimum absolute atomic E-state index is 0.00727. The highest BCUT2D eigenvalue weighted by Gasteiger charge is 2.19. The first-order chi connectivity index (χ1) is 9.60. The molecule has 1 aliphatic rings. The lowest BCUT2D eigenvalue weighted by Gasteiger charge is -2.18. The molecule has 1 heterocycles. The van der Waals surface area contributed by atoms with Crippen molar-refractivity contribution in [2.75, 3.05) is 19.0 Å². The lowest BCUT2D eigenvalue weighted by molar-refractivity contribution is -0.384. The molecule has 7 nitrogen and oxygen atoms in total. The second-order valence-electron chi connectivity index (χ2n) is 4.68. The number of rotatable bonds is 4. The number of hydrogen-bond acceptors (Lipinski definition) is 5. The molecule has 2 N–H and O–H groups in total. The van der Waals surface area contributed by atoms with Crippen LogP contribution in [0.15, 0.2) is 18.2 Å². The second-order valence-corrected chi connectivity index (χ2v) is 4.68. The Morgan fingerprint density at radius 2 is 2.30 bits per heavy atom. The van der Waals surface area contributed by atoms with Crippen LogP contribution in [-0.4, -0.2) is 30.5 Å². The zero-order valence-corrected chi connectivity index (χ0v) is 11.2. The molecule has 20 heavy (non-hydrogen) atoms. The number of non-ortho nitro benzene ring substituents is 1. The van der Waals surface area contributed by atoms with Crippen LogP contribution >= 0.6 is 0 Å². The van der Waals surface area contributed by atoms with Crippen LogP contribution in [0, 0.1) is 10.1 Å². The Morgan fingerprint density at radius 1 is 1.50 bits per heavy atom. The van der Waals surface area contributed by atoms with E-state index in [0.717, 1.165) is 12.8 Å². The molecule has 1 aliphatic heterocycles. The number of hydrogen-bond donors (Lipinski definition) is 2. The molecular formula is C13H17N3O4. The molecule has 2 rings (SSSR count). The predicted octanol–water partition coefficient (Wildman–Crippen LogP) is 1.68. The SMILES string of the molecule is COc1cc([N+](=O)[O-])ccc1NC1CCCNC(=O)C1. The Balaban J connectivity index is 2.15. The summed E-state index contributed by atoms with van der Waals surface area (Å²) < 4.78 is 5.17. The van der Waals surface area contributed by atoms with Gasteiger partial charge in [0.15, 0.2) is 0 Å². The van der Waals surface area contributed by atoms with Gasteiger partial charge >= 0.3 is 0 Å². The van der Waals surface area contributed by atoms with E-state index in [0.29, 0.717) is 24.4 Å². The van der Waals surface area contributed by atoms with Crippen LogP contribution in [0.2, 0.25) is 0 Å². The molecule has 1 aromatic carbocycles. The molecule has 1 aromatic rings. The van der Waals surface area contributed by atoms with Crippen molar-refractivity contribution in [2.45, 2.75) is 25.3 Å². The second kappa shape index (κ2) is 6.23. The number of nitro benzene ring substituents is 1. The fraction of sp³-hybridized carbons (Fsp3) is 0.462. The lowest BCUT2D eigenvalue weighted by atomic mass is 10.1. The van der Waals surface area contributed by atoms with E-state index in [1.165, 1.54) is 19.2 Å². The number of amides is 1. The fourth-order valence-electron chi connectivity index (χ4n) is 2.23. The van der Waals surface area contributed by atoms with E-state index in [1.54, 1.807) is 6.07 Å². The van der Waals surface area contributed by atoms with Crippen molar-refractivity contribution in [3.05, 3.63) is 28.3 Å². The molecule has 108 valence electrons. The van der Waals surface area contributed by atoms with Gasteiger partial charge in [-0.2, -0.15) is 0 Å². The molecule has 0 spiro atoms. The Kier molecular flexibility index (Phi) is 4.39. The predicted molar refractivity (Wildman–Crippen MR) is 73.9 cm³/mol. The van der Waals surface area contributed by atoms with Gasteiger partial charge in [-0.15, -0.1) is 0 Å². The zero-order valence-electron chi connectivity index (χ0n) is 11.2. The molecular weight excluding hydrogens is 262 g/mol. The monoisotopic (exact) mass is 279 g/mol. The van der Waals surface area contributed by atoms with E-state index in [-0.39, 0.29) is 17.6 Å². The summed E-state index contributed by atoms with van der Waals surface area (Å²) >= 11 is 0. The molecule has 1 atom stereocenters. The van der Waals surface area contributed by atoms with Crippen LogP contribution in [0.3, 0.4) is 0 Å². The summed E-state index contributed by atoms with van der Waals surface area (Å²) in [6.45, 7) is 0.689. The zero-order chi connectivity index (χ0) is 14.5. The number of methoxy groups -OCH3 is 1. The van der Waals surface area contributed by atoms with E-state index in [9.17, 15) is 14.9 Å². The van der Waals surface area contributed by atoms with Gasteiger partial charge in [0.2, 0.25) is 5.91 Å². The average molecular weight is 279 g/mol. The van der Waals surface area contributed by atoms with Crippen LogP contribution in [0.25, 0.3) is 0 Å². The first-order valence-electron chi connectivity index (χ1n) is 6.46. The van der Waals surface area contributed by atoms with E-state index in [2.05, 4.69) is 10.6 Å². The van der Waals surface area contributed by atoms with Gasteiger partial charge in [-0.05, 0) is 18.9 Å². The van der Waals surface area contributed by atoms with Crippen LogP contribution in [0.1, 0.15) is 19.3 Å². The van der Waals surface area contributed by atoms with Crippen molar-refractivity contribution in [1.82, 2.24) is 5.32 Å². The summed E-state index contributed by atoms with van der Waals surface area (Å²) in [5.41, 5.74) is 0.642. The quantitative estimate of drug-likeness (QED) is 0.646. The summed E-state index contributed by atoms with van der Waals surface area (Å²) in [5.74, 6) is 0.421. The van der Waals surface area contributed by atoms with Crippen LogP contribution < -0.4 is 15.4 Å². The Labute approximate surface area is 116 Å². The first kappa shape index (κ1) is 14.1. The average Bonchev–Trinajstić information content (AvgIpc) is 2.63. The molecule has 1 amide bonds. The number of nitrogens with zero attached hydrogens (tertiary/aromatic N) is 1. The summed E-state index contributed by atoms with van der Waals surface area (Å²) in [7, 11) is 1.46. The molecule has 0 radical (unpaired) electrons. The van der Waals surface area contributed by atoms with E-state index < -0.39 is 4.92 Å². The van der Waals surface area contributed by atoms with Crippen molar-refractivity contribution >= 4 is 17.3 Å². The maximum absolute atomic E-state index is 11.5. The van der Waals surface area contributed by atoms with Gasteiger partial charge in [0.05, 0.1) is 23.8 Å². The number of nitrogens with one attached hydrogen (secondary N) is 2.